The van der Waals surface area contributed by atoms with E-state index in [0.717, 1.165) is 25.7 Å². The molecule has 0 fully saturated rings. The van der Waals surface area contributed by atoms with E-state index in [0.29, 0.717) is 30.4 Å². The van der Waals surface area contributed by atoms with E-state index < -0.39 is 23.3 Å². The van der Waals surface area contributed by atoms with Crippen molar-refractivity contribution in [3.05, 3.63) is 52.6 Å². The van der Waals surface area contributed by atoms with Crippen LogP contribution in [-0.2, 0) is 11.2 Å². The lowest BCUT2D eigenvalue weighted by Crippen LogP contribution is -2.43. The lowest BCUT2D eigenvalue weighted by atomic mass is 9.74. The Morgan fingerprint density at radius 1 is 1.21 bits per heavy atom. The van der Waals surface area contributed by atoms with Gasteiger partial charge in [-0.3, -0.25) is 0 Å². The van der Waals surface area contributed by atoms with Crippen molar-refractivity contribution in [2.75, 3.05) is 0 Å². The number of benzene rings is 1. The van der Waals surface area contributed by atoms with Gasteiger partial charge in [-0.2, -0.15) is 0 Å². The number of cyclic esters (lactones) is 1. The molecule has 0 saturated heterocycles. The van der Waals surface area contributed by atoms with Crippen molar-refractivity contribution >= 4 is 21.9 Å². The fourth-order valence-corrected chi connectivity index (χ4v) is 5.39. The maximum absolute atomic E-state index is 13.0. The Balaban J connectivity index is 2.05. The molecule has 182 valence electrons. The number of halogens is 1. The number of esters is 1. The number of hydrogen-bond donors (Lipinski definition) is 3. The van der Waals surface area contributed by atoms with E-state index in [1.807, 2.05) is 0 Å². The van der Waals surface area contributed by atoms with Crippen molar-refractivity contribution in [3.63, 3.8) is 0 Å². The van der Waals surface area contributed by atoms with Gasteiger partial charge in [0.1, 0.15) is 11.9 Å². The highest BCUT2D eigenvalue weighted by atomic mass is 79.9. The molecule has 0 amide bonds. The first-order valence-electron chi connectivity index (χ1n) is 11.8. The molecule has 1 aromatic rings. The second-order valence-corrected chi connectivity index (χ2v) is 11.6. The summed E-state index contributed by atoms with van der Waals surface area (Å²) in [5, 5.41) is 32.4. The van der Waals surface area contributed by atoms with Gasteiger partial charge in [0, 0.05) is 10.7 Å². The predicted octanol–water partition coefficient (Wildman–Crippen LogP) is 5.60. The minimum atomic E-state index is -1.27. The number of aromatic hydroxyl groups is 1. The monoisotopic (exact) mass is 520 g/mol. The molecule has 1 aliphatic heterocycles. The third-order valence-electron chi connectivity index (χ3n) is 7.31. The molecule has 2 bridgehead atoms. The fourth-order valence-electron chi connectivity index (χ4n) is 4.90. The quantitative estimate of drug-likeness (QED) is 0.254. The molecule has 1 aromatic carbocycles. The highest BCUT2D eigenvalue weighted by Crippen LogP contribution is 2.41. The van der Waals surface area contributed by atoms with Gasteiger partial charge in [0.2, 0.25) is 0 Å². The first-order valence-corrected chi connectivity index (χ1v) is 12.7. The minimum absolute atomic E-state index is 0.145. The summed E-state index contributed by atoms with van der Waals surface area (Å²) in [7, 11) is 0. The zero-order chi connectivity index (χ0) is 24.6. The molecule has 5 nitrogen and oxygen atoms in total. The van der Waals surface area contributed by atoms with Crippen LogP contribution in [0.2, 0.25) is 0 Å². The number of phenols is 1. The summed E-state index contributed by atoms with van der Waals surface area (Å²) in [4.78, 5) is 12.8. The van der Waals surface area contributed by atoms with E-state index >= 15 is 0 Å². The molecule has 1 heterocycles. The normalized spacial score (nSPS) is 30.2. The Labute approximate surface area is 205 Å². The lowest BCUT2D eigenvalue weighted by molar-refractivity contribution is -0.0764. The molecule has 2 aliphatic rings. The zero-order valence-electron chi connectivity index (χ0n) is 20.2. The van der Waals surface area contributed by atoms with Crippen LogP contribution in [0, 0.1) is 5.92 Å². The van der Waals surface area contributed by atoms with Crippen molar-refractivity contribution in [1.29, 1.82) is 0 Å². The standard InChI is InChI=1S/C27H37BrO5/c1-16-6-7-17(2)21-15-19-14-18(8-10-22(19)29)25(30)33-24(26(3,4)31)12-13-27(5,32)23(28)11-9-20(16)21/h8,10,14,20,23-24,29,31-32H,1,6-7,9,11-13,15H2,2-5H3/t20-,23+,24-,27-/m0/s1. The summed E-state index contributed by atoms with van der Waals surface area (Å²) in [6, 6.07) is 4.77. The van der Waals surface area contributed by atoms with E-state index in [2.05, 4.69) is 29.4 Å². The number of rotatable bonds is 1. The van der Waals surface area contributed by atoms with Gasteiger partial charge in [-0.15, -0.1) is 0 Å². The van der Waals surface area contributed by atoms with Crippen molar-refractivity contribution in [2.45, 2.75) is 94.8 Å². The van der Waals surface area contributed by atoms with Gasteiger partial charge in [0.25, 0.3) is 0 Å². The van der Waals surface area contributed by atoms with Crippen LogP contribution in [0.4, 0.5) is 0 Å². The molecule has 4 atom stereocenters. The van der Waals surface area contributed by atoms with Crippen LogP contribution in [0.15, 0.2) is 41.5 Å². The van der Waals surface area contributed by atoms with Gasteiger partial charge >= 0.3 is 5.97 Å². The number of hydrogen-bond acceptors (Lipinski definition) is 5. The van der Waals surface area contributed by atoms with Crippen molar-refractivity contribution in [2.24, 2.45) is 5.92 Å². The lowest BCUT2D eigenvalue weighted by Gasteiger charge is -2.35. The van der Waals surface area contributed by atoms with Crippen LogP contribution in [0.5, 0.6) is 5.75 Å². The highest BCUT2D eigenvalue weighted by molar-refractivity contribution is 9.09. The third-order valence-corrected chi connectivity index (χ3v) is 8.76. The fraction of sp³-hybridized carbons (Fsp3) is 0.593. The summed E-state index contributed by atoms with van der Waals surface area (Å²) < 4.78 is 5.72. The Bertz CT molecular complexity index is 940. The van der Waals surface area contributed by atoms with Crippen molar-refractivity contribution in [1.82, 2.24) is 0 Å². The summed E-state index contributed by atoms with van der Waals surface area (Å²) in [6.07, 6.45) is 3.88. The highest BCUT2D eigenvalue weighted by Gasteiger charge is 2.37. The predicted molar refractivity (Wildman–Crippen MR) is 134 cm³/mol. The number of aliphatic hydroxyl groups is 2. The van der Waals surface area contributed by atoms with Crippen LogP contribution in [0.3, 0.4) is 0 Å². The number of phenolic OH excluding ortho intramolecular Hbond substituents is 1. The molecule has 0 spiro atoms. The molecule has 3 rings (SSSR count). The molecule has 0 unspecified atom stereocenters. The second-order valence-electron chi connectivity index (χ2n) is 10.5. The van der Waals surface area contributed by atoms with Crippen LogP contribution >= 0.6 is 15.9 Å². The molecule has 6 heteroatoms. The number of alkyl halides is 1. The van der Waals surface area contributed by atoms with Crippen molar-refractivity contribution in [3.8, 4) is 5.75 Å². The van der Waals surface area contributed by atoms with Gasteiger partial charge in [-0.05, 0) is 96.4 Å². The molecular formula is C27H37BrO5. The molecule has 0 radical (unpaired) electrons. The molecule has 33 heavy (non-hydrogen) atoms. The first kappa shape index (κ1) is 26.0. The number of carbonyl (C=O) groups is 1. The molecule has 1 aliphatic carbocycles. The Morgan fingerprint density at radius 3 is 2.58 bits per heavy atom. The number of ether oxygens (including phenoxy) is 1. The minimum Gasteiger partial charge on any atom is -0.508 e. The average Bonchev–Trinajstić information content (AvgIpc) is 2.72. The number of fused-ring (bicyclic) bond motifs is 3. The summed E-state index contributed by atoms with van der Waals surface area (Å²) >= 11 is 3.70. The second kappa shape index (κ2) is 9.93. The van der Waals surface area contributed by atoms with Crippen LogP contribution < -0.4 is 0 Å². The largest absolute Gasteiger partial charge is 0.508 e. The number of allylic oxidation sites excluding steroid dienone is 3. The summed E-state index contributed by atoms with van der Waals surface area (Å²) in [5.74, 6) is -0.242. The average molecular weight is 521 g/mol. The third kappa shape index (κ3) is 6.09. The van der Waals surface area contributed by atoms with E-state index in [9.17, 15) is 20.1 Å². The number of carbonyl (C=O) groups excluding carboxylic acids is 1. The Hall–Kier alpha value is -1.63. The van der Waals surface area contributed by atoms with Crippen molar-refractivity contribution < 1.29 is 24.9 Å². The topological polar surface area (TPSA) is 87.0 Å². The van der Waals surface area contributed by atoms with Gasteiger partial charge in [0.15, 0.2) is 0 Å². The summed E-state index contributed by atoms with van der Waals surface area (Å²) in [6.45, 7) is 11.5. The Morgan fingerprint density at radius 2 is 1.91 bits per heavy atom. The molecule has 0 saturated carbocycles. The smallest absolute Gasteiger partial charge is 0.338 e. The van der Waals surface area contributed by atoms with Gasteiger partial charge < -0.3 is 20.1 Å². The zero-order valence-corrected chi connectivity index (χ0v) is 21.7. The molecular weight excluding hydrogens is 484 g/mol. The van der Waals surface area contributed by atoms with E-state index in [4.69, 9.17) is 4.74 Å². The van der Waals surface area contributed by atoms with Gasteiger partial charge in [-0.1, -0.05) is 39.2 Å². The van der Waals surface area contributed by atoms with Crippen LogP contribution in [0.1, 0.15) is 82.1 Å². The van der Waals surface area contributed by atoms with E-state index in [1.54, 1.807) is 32.9 Å². The van der Waals surface area contributed by atoms with Gasteiger partial charge in [-0.25, -0.2) is 4.79 Å². The SMILES string of the molecule is C=C1CCC(C)=C2Cc3cc(ccc3O)C(=O)O[C@H](C(C)(C)O)CC[C@](C)(O)[C@H](Br)CC[C@@H]12. The Kier molecular flexibility index (Phi) is 7.82. The van der Waals surface area contributed by atoms with Crippen LogP contribution in [0.25, 0.3) is 0 Å². The van der Waals surface area contributed by atoms with E-state index in [1.165, 1.54) is 22.8 Å². The first-order chi connectivity index (χ1) is 15.3. The van der Waals surface area contributed by atoms with Crippen LogP contribution in [-0.4, -0.2) is 43.4 Å². The molecule has 3 N–H and O–H groups in total. The van der Waals surface area contributed by atoms with Gasteiger partial charge in [0.05, 0.1) is 16.8 Å². The van der Waals surface area contributed by atoms with E-state index in [-0.39, 0.29) is 16.5 Å². The summed E-state index contributed by atoms with van der Waals surface area (Å²) in [5.41, 5.74) is 2.41. The maximum atomic E-state index is 13.0. The maximum Gasteiger partial charge on any atom is 0.338 e. The molecule has 0 aromatic heterocycles.